The highest BCUT2D eigenvalue weighted by molar-refractivity contribution is 6.90. The van der Waals surface area contributed by atoms with Crippen LogP contribution in [0.5, 0.6) is 0 Å². The van der Waals surface area contributed by atoms with E-state index in [1.54, 1.807) is 0 Å². The van der Waals surface area contributed by atoms with E-state index >= 15 is 0 Å². The Bertz CT molecular complexity index is 494. The Kier molecular flexibility index (Phi) is 9.87. The molecule has 0 saturated heterocycles. The summed E-state index contributed by atoms with van der Waals surface area (Å²) in [7, 11) is -11.6. The van der Waals surface area contributed by atoms with Crippen LogP contribution >= 0.6 is 0 Å². The summed E-state index contributed by atoms with van der Waals surface area (Å²) in [5, 5.41) is 0. The number of allylic oxidation sites excluding steroid dienone is 1. The summed E-state index contributed by atoms with van der Waals surface area (Å²) < 4.78 is 26.7. The molecule has 0 rings (SSSR count). The molecule has 0 bridgehead atoms. The Labute approximate surface area is 182 Å². The molecule has 0 spiro atoms. The zero-order valence-corrected chi connectivity index (χ0v) is 27.4. The van der Waals surface area contributed by atoms with Crippen molar-refractivity contribution in [2.75, 3.05) is 0 Å². The van der Waals surface area contributed by atoms with Crippen molar-refractivity contribution in [3.05, 3.63) is 11.8 Å². The Morgan fingerprint density at radius 3 is 1.04 bits per heavy atom. The van der Waals surface area contributed by atoms with Crippen molar-refractivity contribution < 1.29 is 16.5 Å². The molecular weight excluding hydrogens is 449 g/mol. The molecule has 0 aromatic carbocycles. The molecule has 28 heavy (non-hydrogen) atoms. The van der Waals surface area contributed by atoms with E-state index in [0.717, 1.165) is 0 Å². The van der Waals surface area contributed by atoms with Gasteiger partial charge >= 0.3 is 17.1 Å². The van der Waals surface area contributed by atoms with Gasteiger partial charge in [0.2, 0.25) is 0 Å². The van der Waals surface area contributed by atoms with Gasteiger partial charge in [0.1, 0.15) is 0 Å². The van der Waals surface area contributed by atoms with Gasteiger partial charge in [-0.2, -0.15) is 0 Å². The molecule has 4 nitrogen and oxygen atoms in total. The second-order valence-electron chi connectivity index (χ2n) is 12.0. The lowest BCUT2D eigenvalue weighted by molar-refractivity contribution is 0.376. The lowest BCUT2D eigenvalue weighted by atomic mass is 10.5. The molecule has 0 amide bonds. The summed E-state index contributed by atoms with van der Waals surface area (Å²) in [5.74, 6) is 0. The average molecular weight is 497 g/mol. The van der Waals surface area contributed by atoms with Gasteiger partial charge in [0.05, 0.1) is 0 Å². The predicted molar refractivity (Wildman–Crippen MR) is 140 cm³/mol. The van der Waals surface area contributed by atoms with E-state index in [9.17, 15) is 0 Å². The Morgan fingerprint density at radius 1 is 0.500 bits per heavy atom. The molecule has 0 heterocycles. The van der Waals surface area contributed by atoms with Crippen LogP contribution < -0.4 is 0 Å². The molecule has 0 aliphatic heterocycles. The van der Waals surface area contributed by atoms with Gasteiger partial charge in [-0.3, -0.25) is 0 Å². The maximum Gasteiger partial charge on any atom is 0.340 e. The molecule has 0 fully saturated rings. The minimum Gasteiger partial charge on any atom is -0.436 e. The second kappa shape index (κ2) is 9.57. The summed E-state index contributed by atoms with van der Waals surface area (Å²) in [5.41, 5.74) is 2.51. The zero-order chi connectivity index (χ0) is 22.8. The maximum absolute atomic E-state index is 6.72. The van der Waals surface area contributed by atoms with Crippen molar-refractivity contribution in [1.82, 2.24) is 0 Å². The largest absolute Gasteiger partial charge is 0.436 e. The van der Waals surface area contributed by atoms with Crippen LogP contribution in [0.4, 0.5) is 0 Å². The van der Waals surface area contributed by atoms with E-state index in [-0.39, 0.29) is 5.54 Å². The maximum atomic E-state index is 6.72. The average Bonchev–Trinajstić information content (AvgIpc) is 2.25. The first kappa shape index (κ1) is 28.9. The molecule has 0 aromatic heterocycles. The molecule has 0 aliphatic carbocycles. The van der Waals surface area contributed by atoms with Gasteiger partial charge in [-0.1, -0.05) is 13.0 Å². The Hall–Kier alpha value is 0.881. The van der Waals surface area contributed by atoms with Crippen LogP contribution in [-0.4, -0.2) is 50.4 Å². The summed E-state index contributed by atoms with van der Waals surface area (Å²) in [6.07, 6.45) is 2.29. The summed E-state index contributed by atoms with van der Waals surface area (Å²) in [4.78, 5) is 0. The van der Waals surface area contributed by atoms with Crippen LogP contribution in [-0.2, 0) is 16.5 Å². The van der Waals surface area contributed by atoms with E-state index in [4.69, 9.17) is 16.5 Å². The predicted octanol–water partition coefficient (Wildman–Crippen LogP) is 7.02. The first-order valence-corrected chi connectivity index (χ1v) is 28.9. The van der Waals surface area contributed by atoms with Gasteiger partial charge in [-0.25, -0.2) is 0 Å². The van der Waals surface area contributed by atoms with E-state index in [2.05, 4.69) is 110 Å². The molecule has 1 atom stereocenters. The van der Waals surface area contributed by atoms with Crippen LogP contribution in [0.2, 0.25) is 97.2 Å². The van der Waals surface area contributed by atoms with Gasteiger partial charge in [-0.15, -0.1) is 0 Å². The first-order valence-electron chi connectivity index (χ1n) is 10.5. The quantitative estimate of drug-likeness (QED) is 0.288. The van der Waals surface area contributed by atoms with Crippen LogP contribution in [0.1, 0.15) is 6.92 Å². The molecule has 1 unspecified atom stereocenters. The molecule has 0 aliphatic rings. The van der Waals surface area contributed by atoms with Gasteiger partial charge in [0.25, 0.3) is 0 Å². The highest BCUT2D eigenvalue weighted by Gasteiger charge is 2.45. The molecule has 0 saturated carbocycles. The molecule has 0 radical (unpaired) electrons. The third-order valence-electron chi connectivity index (χ3n) is 3.55. The van der Waals surface area contributed by atoms with E-state index in [1.165, 1.54) is 0 Å². The van der Waals surface area contributed by atoms with E-state index in [0.29, 0.717) is 0 Å². The van der Waals surface area contributed by atoms with Crippen LogP contribution in [0.25, 0.3) is 0 Å². The lowest BCUT2D eigenvalue weighted by Gasteiger charge is -2.41. The standard InChI is InChI=1S/C18H48O4Si6/c1-18(28(15,21-25(8,9)10)22-26(11,12)13)16-17-27(14,19-23(2,3)4)20-24(5,6)7/h16-18H,1-15H3/b17-16+. The fourth-order valence-corrected chi connectivity index (χ4v) is 27.1. The fourth-order valence-electron chi connectivity index (χ4n) is 3.22. The van der Waals surface area contributed by atoms with Crippen molar-refractivity contribution in [2.45, 2.75) is 104 Å². The molecule has 10 heteroatoms. The van der Waals surface area contributed by atoms with Gasteiger partial charge in [-0.05, 0) is 97.4 Å². The monoisotopic (exact) mass is 496 g/mol. The Balaban J connectivity index is 5.84. The summed E-state index contributed by atoms with van der Waals surface area (Å²) in [6, 6.07) is 0. The van der Waals surface area contributed by atoms with Crippen molar-refractivity contribution in [3.63, 3.8) is 0 Å². The first-order chi connectivity index (χ1) is 12.0. The SMILES string of the molecule is CC(/C=C/[Si](C)(O[Si](C)(C)C)O[Si](C)(C)C)[Si](C)(O[Si](C)(C)C)O[Si](C)(C)C. The molecule has 168 valence electrons. The molecular formula is C18H48O4Si6. The molecule has 0 N–H and O–H groups in total. The van der Waals surface area contributed by atoms with Gasteiger partial charge in [0, 0.05) is 5.54 Å². The van der Waals surface area contributed by atoms with Crippen LogP contribution in [0.3, 0.4) is 0 Å². The Morgan fingerprint density at radius 2 is 0.786 bits per heavy atom. The van der Waals surface area contributed by atoms with Gasteiger partial charge in [0.15, 0.2) is 33.3 Å². The lowest BCUT2D eigenvalue weighted by Crippen LogP contribution is -2.55. The van der Waals surface area contributed by atoms with Crippen LogP contribution in [0.15, 0.2) is 11.8 Å². The summed E-state index contributed by atoms with van der Waals surface area (Å²) in [6.45, 7) is 33.7. The third-order valence-corrected chi connectivity index (χ3v) is 22.5. The molecule has 0 aromatic rings. The smallest absolute Gasteiger partial charge is 0.340 e. The number of rotatable bonds is 11. The highest BCUT2D eigenvalue weighted by Crippen LogP contribution is 2.33. The fraction of sp³-hybridized carbons (Fsp3) is 0.889. The minimum absolute atomic E-state index is 0.244. The minimum atomic E-state index is -2.40. The van der Waals surface area contributed by atoms with Crippen molar-refractivity contribution in [3.8, 4) is 0 Å². The van der Waals surface area contributed by atoms with Crippen LogP contribution in [0, 0.1) is 0 Å². The number of hydrogen-bond acceptors (Lipinski definition) is 4. The van der Waals surface area contributed by atoms with E-state index in [1.807, 2.05) is 0 Å². The van der Waals surface area contributed by atoms with Crippen molar-refractivity contribution in [2.24, 2.45) is 0 Å². The normalized spacial score (nSPS) is 16.7. The zero-order valence-electron chi connectivity index (χ0n) is 21.4. The second-order valence-corrected chi connectivity index (χ2v) is 37.5. The van der Waals surface area contributed by atoms with Crippen molar-refractivity contribution >= 4 is 50.4 Å². The van der Waals surface area contributed by atoms with Crippen molar-refractivity contribution in [1.29, 1.82) is 0 Å². The highest BCUT2D eigenvalue weighted by atomic mass is 28.5. The van der Waals surface area contributed by atoms with Gasteiger partial charge < -0.3 is 16.5 Å². The summed E-state index contributed by atoms with van der Waals surface area (Å²) >= 11 is 0. The third kappa shape index (κ3) is 13.2. The topological polar surface area (TPSA) is 36.9 Å². The number of hydrogen-bond donors (Lipinski definition) is 0. The van der Waals surface area contributed by atoms with E-state index < -0.39 is 50.4 Å².